The van der Waals surface area contributed by atoms with Crippen molar-refractivity contribution in [2.45, 2.75) is 13.1 Å². The molecule has 0 radical (unpaired) electrons. The number of hydrogen-bond donors (Lipinski definition) is 0. The molecule has 0 saturated carbocycles. The van der Waals surface area contributed by atoms with Crippen LogP contribution >= 0.6 is 0 Å². The van der Waals surface area contributed by atoms with Gasteiger partial charge in [-0.2, -0.15) is 4.98 Å². The van der Waals surface area contributed by atoms with Crippen molar-refractivity contribution in [3.05, 3.63) is 53.2 Å². The first-order chi connectivity index (χ1) is 12.1. The molecule has 9 nitrogen and oxygen atoms in total. The first-order valence-electron chi connectivity index (χ1n) is 7.49. The molecule has 4 aromatic rings. The van der Waals surface area contributed by atoms with Gasteiger partial charge in [0.25, 0.3) is 5.56 Å². The molecule has 1 amide bonds. The molecule has 9 heteroatoms. The molecule has 0 aliphatic rings. The highest BCUT2D eigenvalue weighted by atomic mass is 16.5. The molecular weight excluding hydrogens is 326 g/mol. The second kappa shape index (κ2) is 5.86. The van der Waals surface area contributed by atoms with Gasteiger partial charge in [-0.1, -0.05) is 17.3 Å². The standard InChI is InChI=1S/C16H13N5O4/c1-20(6-12-18-9-24-19-12)13(22)7-21-8-17-14-10-4-2-3-5-11(10)25-15(14)16(21)23/h2-5,8-9H,6-7H2,1H3. The Hall–Kier alpha value is -3.49. The molecule has 1 aromatic carbocycles. The third-order valence-corrected chi connectivity index (χ3v) is 3.87. The van der Waals surface area contributed by atoms with E-state index in [9.17, 15) is 9.59 Å². The number of amides is 1. The van der Waals surface area contributed by atoms with E-state index in [2.05, 4.69) is 19.6 Å². The van der Waals surface area contributed by atoms with Crippen LogP contribution in [0.3, 0.4) is 0 Å². The highest BCUT2D eigenvalue weighted by molar-refractivity contribution is 6.01. The Morgan fingerprint density at radius 1 is 1.28 bits per heavy atom. The van der Waals surface area contributed by atoms with Gasteiger partial charge in [0.05, 0.1) is 12.9 Å². The number of hydrogen-bond acceptors (Lipinski definition) is 7. The fourth-order valence-corrected chi connectivity index (χ4v) is 2.56. The Morgan fingerprint density at radius 2 is 2.12 bits per heavy atom. The molecule has 0 saturated heterocycles. The number of benzene rings is 1. The Morgan fingerprint density at radius 3 is 2.92 bits per heavy atom. The van der Waals surface area contributed by atoms with Crippen LogP contribution in [0, 0.1) is 0 Å². The minimum Gasteiger partial charge on any atom is -0.448 e. The van der Waals surface area contributed by atoms with Gasteiger partial charge in [0, 0.05) is 12.4 Å². The molecule has 0 aliphatic carbocycles. The van der Waals surface area contributed by atoms with Crippen LogP contribution in [0.2, 0.25) is 0 Å². The molecule has 0 bridgehead atoms. The van der Waals surface area contributed by atoms with Crippen LogP contribution < -0.4 is 5.56 Å². The second-order valence-corrected chi connectivity index (χ2v) is 5.55. The summed E-state index contributed by atoms with van der Waals surface area (Å²) < 4.78 is 11.5. The number of carbonyl (C=O) groups excluding carboxylic acids is 1. The van der Waals surface area contributed by atoms with Crippen molar-refractivity contribution in [2.75, 3.05) is 7.05 Å². The van der Waals surface area contributed by atoms with Crippen molar-refractivity contribution in [3.63, 3.8) is 0 Å². The summed E-state index contributed by atoms with van der Waals surface area (Å²) in [6.07, 6.45) is 2.55. The van der Waals surface area contributed by atoms with Crippen molar-refractivity contribution in [1.82, 2.24) is 24.6 Å². The van der Waals surface area contributed by atoms with Crippen LogP contribution in [0.1, 0.15) is 5.82 Å². The lowest BCUT2D eigenvalue weighted by Gasteiger charge is -2.15. The average Bonchev–Trinajstić information content (AvgIpc) is 3.25. The Labute approximate surface area is 140 Å². The van der Waals surface area contributed by atoms with Crippen LogP contribution in [0.15, 0.2) is 50.7 Å². The lowest BCUT2D eigenvalue weighted by atomic mass is 10.2. The molecule has 3 aromatic heterocycles. The molecule has 25 heavy (non-hydrogen) atoms. The number of aromatic nitrogens is 4. The third kappa shape index (κ3) is 2.65. The minimum absolute atomic E-state index is 0.136. The fourth-order valence-electron chi connectivity index (χ4n) is 2.56. The van der Waals surface area contributed by atoms with E-state index in [0.29, 0.717) is 16.9 Å². The van der Waals surface area contributed by atoms with Gasteiger partial charge in [0.1, 0.15) is 17.6 Å². The van der Waals surface area contributed by atoms with Crippen LogP contribution in [0.25, 0.3) is 22.1 Å². The highest BCUT2D eigenvalue weighted by Gasteiger charge is 2.17. The molecule has 0 fully saturated rings. The Bertz CT molecular complexity index is 1110. The topological polar surface area (TPSA) is 107 Å². The number of furan rings is 1. The van der Waals surface area contributed by atoms with Gasteiger partial charge < -0.3 is 13.8 Å². The largest absolute Gasteiger partial charge is 0.448 e. The number of fused-ring (bicyclic) bond motifs is 3. The average molecular weight is 339 g/mol. The van der Waals surface area contributed by atoms with E-state index in [4.69, 9.17) is 4.42 Å². The van der Waals surface area contributed by atoms with Gasteiger partial charge in [-0.25, -0.2) is 4.98 Å². The third-order valence-electron chi connectivity index (χ3n) is 3.87. The first-order valence-corrected chi connectivity index (χ1v) is 7.49. The summed E-state index contributed by atoms with van der Waals surface area (Å²) in [7, 11) is 1.59. The van der Waals surface area contributed by atoms with Crippen LogP contribution in [0.5, 0.6) is 0 Å². The molecule has 0 atom stereocenters. The maximum Gasteiger partial charge on any atom is 0.297 e. The maximum absolute atomic E-state index is 12.6. The van der Waals surface area contributed by atoms with Gasteiger partial charge in [-0.15, -0.1) is 0 Å². The van der Waals surface area contributed by atoms with Gasteiger partial charge in [0.2, 0.25) is 17.9 Å². The van der Waals surface area contributed by atoms with Crippen LogP contribution in [0.4, 0.5) is 0 Å². The summed E-state index contributed by atoms with van der Waals surface area (Å²) in [6.45, 7) is 0.0254. The molecule has 0 spiro atoms. The zero-order chi connectivity index (χ0) is 17.4. The predicted molar refractivity (Wildman–Crippen MR) is 86.5 cm³/mol. The minimum atomic E-state index is -0.400. The number of rotatable bonds is 4. The summed E-state index contributed by atoms with van der Waals surface area (Å²) in [6, 6.07) is 7.27. The molecule has 3 heterocycles. The van der Waals surface area contributed by atoms with Crippen molar-refractivity contribution >= 4 is 28.0 Å². The van der Waals surface area contributed by atoms with E-state index in [1.165, 1.54) is 22.2 Å². The van der Waals surface area contributed by atoms with E-state index < -0.39 is 5.56 Å². The van der Waals surface area contributed by atoms with Crippen LogP contribution in [-0.2, 0) is 17.9 Å². The fraction of sp³-hybridized carbons (Fsp3) is 0.188. The number of para-hydroxylation sites is 1. The number of likely N-dealkylation sites (N-methyl/N-ethyl adjacent to an activating group) is 1. The van der Waals surface area contributed by atoms with E-state index in [1.807, 2.05) is 18.2 Å². The zero-order valence-corrected chi connectivity index (χ0v) is 13.2. The second-order valence-electron chi connectivity index (χ2n) is 5.55. The number of carbonyl (C=O) groups is 1. The monoisotopic (exact) mass is 339 g/mol. The molecule has 126 valence electrons. The van der Waals surface area contributed by atoms with Gasteiger partial charge in [-0.05, 0) is 12.1 Å². The van der Waals surface area contributed by atoms with E-state index in [1.54, 1.807) is 13.1 Å². The van der Waals surface area contributed by atoms with Gasteiger partial charge >= 0.3 is 0 Å². The quantitative estimate of drug-likeness (QED) is 0.549. The SMILES string of the molecule is CN(Cc1ncon1)C(=O)Cn1cnc2c(oc3ccccc32)c1=O. The Balaban J connectivity index is 1.63. The van der Waals surface area contributed by atoms with Crippen molar-refractivity contribution < 1.29 is 13.7 Å². The molecule has 0 N–H and O–H groups in total. The summed E-state index contributed by atoms with van der Waals surface area (Å²) in [5, 5.41) is 4.42. The predicted octanol–water partition coefficient (Wildman–Crippen LogP) is 1.18. The molecule has 0 unspecified atom stereocenters. The van der Waals surface area contributed by atoms with Crippen molar-refractivity contribution in [2.24, 2.45) is 0 Å². The summed E-state index contributed by atoms with van der Waals surface area (Å²) in [4.78, 5) is 34.5. The van der Waals surface area contributed by atoms with E-state index in [0.717, 1.165) is 5.39 Å². The lowest BCUT2D eigenvalue weighted by molar-refractivity contribution is -0.131. The first kappa shape index (κ1) is 15.1. The summed E-state index contributed by atoms with van der Waals surface area (Å²) >= 11 is 0. The van der Waals surface area contributed by atoms with Crippen LogP contribution in [-0.4, -0.2) is 37.5 Å². The van der Waals surface area contributed by atoms with Crippen molar-refractivity contribution in [3.8, 4) is 0 Å². The highest BCUT2D eigenvalue weighted by Crippen LogP contribution is 2.23. The normalized spacial score (nSPS) is 11.2. The van der Waals surface area contributed by atoms with Gasteiger partial charge in [-0.3, -0.25) is 14.2 Å². The zero-order valence-electron chi connectivity index (χ0n) is 13.2. The summed E-state index contributed by atoms with van der Waals surface area (Å²) in [5.41, 5.74) is 0.810. The Kier molecular flexibility index (Phi) is 3.53. The smallest absolute Gasteiger partial charge is 0.297 e. The summed E-state index contributed by atoms with van der Waals surface area (Å²) in [5.74, 6) is 0.0956. The molecule has 4 rings (SSSR count). The number of nitrogens with zero attached hydrogens (tertiary/aromatic N) is 5. The molecular formula is C16H13N5O4. The van der Waals surface area contributed by atoms with E-state index in [-0.39, 0.29) is 24.6 Å². The maximum atomic E-state index is 12.6. The van der Waals surface area contributed by atoms with Gasteiger partial charge in [0.15, 0.2) is 5.82 Å². The van der Waals surface area contributed by atoms with Crippen molar-refractivity contribution in [1.29, 1.82) is 0 Å². The molecule has 0 aliphatic heterocycles. The van der Waals surface area contributed by atoms with E-state index >= 15 is 0 Å². The lowest BCUT2D eigenvalue weighted by Crippen LogP contribution is -2.33.